The molecule has 0 aromatic rings. The first kappa shape index (κ1) is 15.5. The monoisotopic (exact) mass is 288 g/mol. The summed E-state index contributed by atoms with van der Waals surface area (Å²) in [5.74, 6) is 0. The normalized spacial score (nSPS) is 29.4. The lowest BCUT2D eigenvalue weighted by atomic mass is 9.70. The molecule has 0 saturated carbocycles. The van der Waals surface area contributed by atoms with E-state index in [0.717, 1.165) is 0 Å². The van der Waals surface area contributed by atoms with E-state index in [0.29, 0.717) is 32.6 Å². The van der Waals surface area contributed by atoms with E-state index in [-0.39, 0.29) is 13.1 Å². The van der Waals surface area contributed by atoms with Crippen molar-refractivity contribution >= 4 is 6.09 Å². The molecule has 5 nitrogen and oxygen atoms in total. The zero-order chi connectivity index (χ0) is 14.9. The highest BCUT2D eigenvalue weighted by Gasteiger charge is 2.56. The maximum absolute atomic E-state index is 15.3. The molecule has 116 valence electrons. The average molecular weight is 288 g/mol. The number of ether oxygens (including phenoxy) is 2. The lowest BCUT2D eigenvalue weighted by Crippen LogP contribution is -2.54. The molecule has 2 aliphatic heterocycles. The van der Waals surface area contributed by atoms with Crippen LogP contribution in [0.3, 0.4) is 0 Å². The van der Waals surface area contributed by atoms with E-state index in [1.165, 1.54) is 0 Å². The summed E-state index contributed by atoms with van der Waals surface area (Å²) in [5, 5.41) is 5.70. The Hall–Kier alpha value is -0.880. The minimum atomic E-state index is -1.44. The number of carbonyl (C=O) groups excluding carboxylic acids is 1. The van der Waals surface area contributed by atoms with E-state index in [9.17, 15) is 4.79 Å². The van der Waals surface area contributed by atoms with Gasteiger partial charge in [-0.25, -0.2) is 9.18 Å². The van der Waals surface area contributed by atoms with Gasteiger partial charge in [-0.05, 0) is 33.6 Å². The van der Waals surface area contributed by atoms with Crippen LogP contribution in [0.4, 0.5) is 9.18 Å². The fraction of sp³-hybridized carbons (Fsp3) is 0.929. The lowest BCUT2D eigenvalue weighted by molar-refractivity contribution is -0.0545. The van der Waals surface area contributed by atoms with Crippen molar-refractivity contribution in [3.8, 4) is 0 Å². The van der Waals surface area contributed by atoms with Gasteiger partial charge in [-0.2, -0.15) is 0 Å². The Morgan fingerprint density at radius 1 is 1.35 bits per heavy atom. The Labute approximate surface area is 119 Å². The summed E-state index contributed by atoms with van der Waals surface area (Å²) in [6, 6.07) is 0. The molecule has 0 aromatic carbocycles. The highest BCUT2D eigenvalue weighted by Crippen LogP contribution is 2.45. The molecule has 0 aromatic heterocycles. The molecule has 2 N–H and O–H groups in total. The molecular formula is C14H25FN2O3. The summed E-state index contributed by atoms with van der Waals surface area (Å²) in [5.41, 5.74) is -2.44. The van der Waals surface area contributed by atoms with Crippen molar-refractivity contribution in [1.29, 1.82) is 0 Å². The van der Waals surface area contributed by atoms with Crippen molar-refractivity contribution in [2.24, 2.45) is 5.41 Å². The molecule has 2 fully saturated rings. The molecule has 2 aliphatic rings. The highest BCUT2D eigenvalue weighted by atomic mass is 19.1. The smallest absolute Gasteiger partial charge is 0.407 e. The second-order valence-corrected chi connectivity index (χ2v) is 6.82. The third-order valence-corrected chi connectivity index (χ3v) is 4.18. The Morgan fingerprint density at radius 2 is 2.00 bits per heavy atom. The average Bonchev–Trinajstić information content (AvgIpc) is 2.64. The summed E-state index contributed by atoms with van der Waals surface area (Å²) in [6.45, 7) is 7.42. The van der Waals surface area contributed by atoms with Gasteiger partial charge in [-0.15, -0.1) is 0 Å². The molecule has 2 rings (SSSR count). The fourth-order valence-electron chi connectivity index (χ4n) is 3.01. The van der Waals surface area contributed by atoms with Crippen LogP contribution in [0.25, 0.3) is 0 Å². The number of amides is 1. The van der Waals surface area contributed by atoms with Gasteiger partial charge in [0, 0.05) is 31.7 Å². The van der Waals surface area contributed by atoms with Crippen LogP contribution in [-0.4, -0.2) is 50.2 Å². The molecule has 2 heterocycles. The van der Waals surface area contributed by atoms with Crippen molar-refractivity contribution in [3.05, 3.63) is 0 Å². The Bertz CT molecular complexity index is 364. The summed E-state index contributed by atoms with van der Waals surface area (Å²) in [4.78, 5) is 11.7. The quantitative estimate of drug-likeness (QED) is 0.810. The van der Waals surface area contributed by atoms with Crippen LogP contribution >= 0.6 is 0 Å². The van der Waals surface area contributed by atoms with Crippen LogP contribution in [0.5, 0.6) is 0 Å². The number of hydrogen-bond donors (Lipinski definition) is 2. The molecule has 2 saturated heterocycles. The molecular weight excluding hydrogens is 263 g/mol. The van der Waals surface area contributed by atoms with Gasteiger partial charge >= 0.3 is 6.09 Å². The molecule has 1 unspecified atom stereocenters. The van der Waals surface area contributed by atoms with E-state index >= 15 is 4.39 Å². The zero-order valence-electron chi connectivity index (χ0n) is 12.6. The topological polar surface area (TPSA) is 59.6 Å². The van der Waals surface area contributed by atoms with E-state index in [4.69, 9.17) is 9.47 Å². The minimum absolute atomic E-state index is 0.0189. The van der Waals surface area contributed by atoms with Crippen LogP contribution in [0.1, 0.15) is 33.6 Å². The number of carbonyl (C=O) groups is 1. The maximum atomic E-state index is 15.3. The summed E-state index contributed by atoms with van der Waals surface area (Å²) in [7, 11) is 0. The standard InChI is InChI=1S/C14H25FN2O3/c1-12(2,3)20-11(18)17-10-14(15)9-16-8-13(14)4-6-19-7-5-13/h16H,4-10H2,1-3H3,(H,17,18). The first-order chi connectivity index (χ1) is 9.27. The van der Waals surface area contributed by atoms with Crippen molar-refractivity contribution in [3.63, 3.8) is 0 Å². The van der Waals surface area contributed by atoms with Crippen LogP contribution in [0.2, 0.25) is 0 Å². The summed E-state index contributed by atoms with van der Waals surface area (Å²) < 4.78 is 25.7. The fourth-order valence-corrected chi connectivity index (χ4v) is 3.01. The van der Waals surface area contributed by atoms with Gasteiger partial charge < -0.3 is 20.1 Å². The molecule has 6 heteroatoms. The largest absolute Gasteiger partial charge is 0.444 e. The zero-order valence-corrected chi connectivity index (χ0v) is 12.6. The highest BCUT2D eigenvalue weighted by molar-refractivity contribution is 5.67. The van der Waals surface area contributed by atoms with E-state index in [2.05, 4.69) is 10.6 Å². The number of rotatable bonds is 2. The van der Waals surface area contributed by atoms with Crippen molar-refractivity contribution in [2.45, 2.75) is 44.9 Å². The third-order valence-electron chi connectivity index (χ3n) is 4.18. The van der Waals surface area contributed by atoms with Gasteiger partial charge in [0.15, 0.2) is 0 Å². The lowest BCUT2D eigenvalue weighted by Gasteiger charge is -2.42. The first-order valence-electron chi connectivity index (χ1n) is 7.21. The molecule has 20 heavy (non-hydrogen) atoms. The Kier molecular flexibility index (Phi) is 4.25. The van der Waals surface area contributed by atoms with E-state index in [1.807, 2.05) is 0 Å². The van der Waals surface area contributed by atoms with E-state index < -0.39 is 22.8 Å². The molecule has 0 radical (unpaired) electrons. The van der Waals surface area contributed by atoms with E-state index in [1.54, 1.807) is 20.8 Å². The van der Waals surface area contributed by atoms with Crippen LogP contribution in [-0.2, 0) is 9.47 Å². The minimum Gasteiger partial charge on any atom is -0.444 e. The Morgan fingerprint density at radius 3 is 2.60 bits per heavy atom. The van der Waals surface area contributed by atoms with Crippen molar-refractivity contribution in [1.82, 2.24) is 10.6 Å². The summed E-state index contributed by atoms with van der Waals surface area (Å²) in [6.07, 6.45) is 0.808. The number of hydrogen-bond acceptors (Lipinski definition) is 4. The Balaban J connectivity index is 1.94. The predicted molar refractivity (Wildman–Crippen MR) is 73.4 cm³/mol. The van der Waals surface area contributed by atoms with Crippen LogP contribution < -0.4 is 10.6 Å². The molecule has 1 spiro atoms. The molecule has 0 bridgehead atoms. The number of nitrogens with one attached hydrogen (secondary N) is 2. The van der Waals surface area contributed by atoms with Gasteiger partial charge in [0.05, 0.1) is 6.54 Å². The van der Waals surface area contributed by atoms with Gasteiger partial charge in [0.25, 0.3) is 0 Å². The first-order valence-corrected chi connectivity index (χ1v) is 7.21. The third kappa shape index (κ3) is 3.23. The maximum Gasteiger partial charge on any atom is 0.407 e. The number of alkyl carbamates (subject to hydrolysis) is 1. The van der Waals surface area contributed by atoms with Crippen LogP contribution in [0.15, 0.2) is 0 Å². The molecule has 1 amide bonds. The second-order valence-electron chi connectivity index (χ2n) is 6.82. The number of alkyl halides is 1. The second kappa shape index (κ2) is 5.48. The van der Waals surface area contributed by atoms with Crippen LogP contribution in [0, 0.1) is 5.41 Å². The molecule has 0 aliphatic carbocycles. The molecule has 1 atom stereocenters. The van der Waals surface area contributed by atoms with Gasteiger partial charge in [-0.1, -0.05) is 0 Å². The van der Waals surface area contributed by atoms with Gasteiger partial charge in [-0.3, -0.25) is 0 Å². The van der Waals surface area contributed by atoms with Gasteiger partial charge in [0.1, 0.15) is 11.3 Å². The van der Waals surface area contributed by atoms with Crippen molar-refractivity contribution in [2.75, 3.05) is 32.8 Å². The van der Waals surface area contributed by atoms with Crippen molar-refractivity contribution < 1.29 is 18.7 Å². The SMILES string of the molecule is CC(C)(C)OC(=O)NCC1(F)CNCC12CCOCC2. The summed E-state index contributed by atoms with van der Waals surface area (Å²) >= 11 is 0. The van der Waals surface area contributed by atoms with Gasteiger partial charge in [0.2, 0.25) is 0 Å². The predicted octanol–water partition coefficient (Wildman–Crippen LogP) is 1.62. The number of halogens is 1.